The van der Waals surface area contributed by atoms with E-state index in [-0.39, 0.29) is 5.02 Å². The Morgan fingerprint density at radius 2 is 1.83 bits per heavy atom. The summed E-state index contributed by atoms with van der Waals surface area (Å²) in [6.45, 7) is 2.00. The molecular formula is C15H14ClFO. The number of aryl methyl sites for hydroxylation is 1. The number of aliphatic hydroxyl groups excluding tert-OH is 1. The predicted octanol–water partition coefficient (Wildman–Crippen LogP) is 4.06. The lowest BCUT2D eigenvalue weighted by Crippen LogP contribution is -2.02. The first-order chi connectivity index (χ1) is 8.56. The van der Waals surface area contributed by atoms with E-state index in [1.54, 1.807) is 12.1 Å². The second-order valence-electron chi connectivity index (χ2n) is 4.38. The Morgan fingerprint density at radius 1 is 1.17 bits per heavy atom. The van der Waals surface area contributed by atoms with E-state index in [9.17, 15) is 9.50 Å². The molecule has 1 N–H and O–H groups in total. The van der Waals surface area contributed by atoms with E-state index in [2.05, 4.69) is 0 Å². The summed E-state index contributed by atoms with van der Waals surface area (Å²) >= 11 is 5.71. The van der Waals surface area contributed by atoms with Gasteiger partial charge in [0.15, 0.2) is 0 Å². The first-order valence-corrected chi connectivity index (χ1v) is 6.12. The molecule has 0 heterocycles. The fourth-order valence-corrected chi connectivity index (χ4v) is 2.00. The van der Waals surface area contributed by atoms with Crippen LogP contribution in [0.1, 0.15) is 22.8 Å². The Balaban J connectivity index is 2.13. The molecule has 94 valence electrons. The van der Waals surface area contributed by atoms with E-state index < -0.39 is 11.9 Å². The van der Waals surface area contributed by atoms with Gasteiger partial charge in [0.1, 0.15) is 5.82 Å². The van der Waals surface area contributed by atoms with Crippen molar-refractivity contribution in [3.8, 4) is 0 Å². The highest BCUT2D eigenvalue weighted by atomic mass is 35.5. The van der Waals surface area contributed by atoms with Crippen LogP contribution in [-0.4, -0.2) is 5.11 Å². The fraction of sp³-hybridized carbons (Fsp3) is 0.200. The van der Waals surface area contributed by atoms with Gasteiger partial charge >= 0.3 is 0 Å². The summed E-state index contributed by atoms with van der Waals surface area (Å²) < 4.78 is 13.0. The lowest BCUT2D eigenvalue weighted by molar-refractivity contribution is 0.178. The van der Waals surface area contributed by atoms with Crippen LogP contribution < -0.4 is 0 Å². The summed E-state index contributed by atoms with van der Waals surface area (Å²) in [5.41, 5.74) is 2.81. The van der Waals surface area contributed by atoms with Crippen LogP contribution in [0.2, 0.25) is 5.02 Å². The average Bonchev–Trinajstić information content (AvgIpc) is 2.34. The maximum Gasteiger partial charge on any atom is 0.141 e. The normalized spacial score (nSPS) is 12.4. The fourth-order valence-electron chi connectivity index (χ4n) is 1.80. The number of rotatable bonds is 3. The van der Waals surface area contributed by atoms with E-state index in [0.29, 0.717) is 6.42 Å². The van der Waals surface area contributed by atoms with Crippen molar-refractivity contribution in [2.24, 2.45) is 0 Å². The van der Waals surface area contributed by atoms with Gasteiger partial charge in [-0.15, -0.1) is 0 Å². The molecule has 0 radical (unpaired) electrons. The molecule has 18 heavy (non-hydrogen) atoms. The number of aliphatic hydroxyl groups is 1. The van der Waals surface area contributed by atoms with Gasteiger partial charge in [-0.05, 0) is 30.2 Å². The predicted molar refractivity (Wildman–Crippen MR) is 71.3 cm³/mol. The van der Waals surface area contributed by atoms with Crippen LogP contribution in [0.15, 0.2) is 42.5 Å². The molecular weight excluding hydrogens is 251 g/mol. The van der Waals surface area contributed by atoms with Gasteiger partial charge in [-0.2, -0.15) is 0 Å². The molecule has 1 unspecified atom stereocenters. The molecule has 2 rings (SSSR count). The van der Waals surface area contributed by atoms with E-state index >= 15 is 0 Å². The van der Waals surface area contributed by atoms with E-state index in [0.717, 1.165) is 16.7 Å². The Labute approximate surface area is 111 Å². The Kier molecular flexibility index (Phi) is 4.00. The molecule has 0 amide bonds. The van der Waals surface area contributed by atoms with Crippen LogP contribution in [0.4, 0.5) is 4.39 Å². The van der Waals surface area contributed by atoms with Gasteiger partial charge in [-0.3, -0.25) is 0 Å². The quantitative estimate of drug-likeness (QED) is 0.886. The first kappa shape index (κ1) is 13.1. The summed E-state index contributed by atoms with van der Waals surface area (Å²) in [4.78, 5) is 0. The van der Waals surface area contributed by atoms with Crippen molar-refractivity contribution < 1.29 is 9.50 Å². The van der Waals surface area contributed by atoms with Crippen molar-refractivity contribution >= 4 is 11.6 Å². The van der Waals surface area contributed by atoms with Crippen molar-refractivity contribution in [2.75, 3.05) is 0 Å². The highest BCUT2D eigenvalue weighted by Crippen LogP contribution is 2.22. The van der Waals surface area contributed by atoms with Gasteiger partial charge in [0.2, 0.25) is 0 Å². The van der Waals surface area contributed by atoms with Crippen LogP contribution in [-0.2, 0) is 6.42 Å². The molecule has 2 aromatic rings. The molecule has 0 saturated heterocycles. The van der Waals surface area contributed by atoms with Crippen molar-refractivity contribution in [1.82, 2.24) is 0 Å². The topological polar surface area (TPSA) is 20.2 Å². The van der Waals surface area contributed by atoms with E-state index in [1.165, 1.54) is 6.07 Å². The minimum atomic E-state index is -0.605. The SMILES string of the molecule is Cc1ccc(C(O)Cc2ccc(F)c(Cl)c2)cc1. The molecule has 0 spiro atoms. The van der Waals surface area contributed by atoms with E-state index in [1.807, 2.05) is 31.2 Å². The second kappa shape index (κ2) is 5.51. The second-order valence-corrected chi connectivity index (χ2v) is 4.79. The largest absolute Gasteiger partial charge is 0.388 e. The molecule has 0 bridgehead atoms. The Morgan fingerprint density at radius 3 is 2.44 bits per heavy atom. The van der Waals surface area contributed by atoms with Gasteiger partial charge in [0, 0.05) is 6.42 Å². The number of benzene rings is 2. The minimum Gasteiger partial charge on any atom is -0.388 e. The first-order valence-electron chi connectivity index (χ1n) is 5.75. The maximum absolute atomic E-state index is 13.0. The zero-order valence-corrected chi connectivity index (χ0v) is 10.8. The zero-order valence-electron chi connectivity index (χ0n) is 10.0. The zero-order chi connectivity index (χ0) is 13.1. The molecule has 0 aliphatic carbocycles. The third-order valence-electron chi connectivity index (χ3n) is 2.88. The van der Waals surface area contributed by atoms with Crippen LogP contribution in [0.3, 0.4) is 0 Å². The Bertz CT molecular complexity index is 537. The molecule has 1 atom stereocenters. The summed E-state index contributed by atoms with van der Waals surface area (Å²) in [6.07, 6.45) is -0.185. The molecule has 0 saturated carbocycles. The van der Waals surface area contributed by atoms with Gasteiger partial charge in [0.25, 0.3) is 0 Å². The van der Waals surface area contributed by atoms with Gasteiger partial charge in [-0.1, -0.05) is 47.5 Å². The van der Waals surface area contributed by atoms with Gasteiger partial charge in [0.05, 0.1) is 11.1 Å². The van der Waals surface area contributed by atoms with Crippen LogP contribution >= 0.6 is 11.6 Å². The van der Waals surface area contributed by atoms with Gasteiger partial charge in [-0.25, -0.2) is 4.39 Å². The highest BCUT2D eigenvalue weighted by Gasteiger charge is 2.09. The van der Waals surface area contributed by atoms with Crippen LogP contribution in [0, 0.1) is 12.7 Å². The molecule has 0 aliphatic heterocycles. The van der Waals surface area contributed by atoms with Crippen LogP contribution in [0.5, 0.6) is 0 Å². The monoisotopic (exact) mass is 264 g/mol. The molecule has 0 fully saturated rings. The summed E-state index contributed by atoms with van der Waals surface area (Å²) in [7, 11) is 0. The lowest BCUT2D eigenvalue weighted by Gasteiger charge is -2.11. The van der Waals surface area contributed by atoms with Crippen LogP contribution in [0.25, 0.3) is 0 Å². The lowest BCUT2D eigenvalue weighted by atomic mass is 10.0. The number of halogens is 2. The van der Waals surface area contributed by atoms with Crippen molar-refractivity contribution in [3.63, 3.8) is 0 Å². The smallest absolute Gasteiger partial charge is 0.141 e. The number of hydrogen-bond donors (Lipinski definition) is 1. The average molecular weight is 265 g/mol. The minimum absolute atomic E-state index is 0.0867. The van der Waals surface area contributed by atoms with Gasteiger partial charge < -0.3 is 5.11 Å². The summed E-state index contributed by atoms with van der Waals surface area (Å²) in [6, 6.07) is 12.2. The maximum atomic E-state index is 13.0. The summed E-state index contributed by atoms with van der Waals surface area (Å²) in [5, 5.41) is 10.2. The van der Waals surface area contributed by atoms with E-state index in [4.69, 9.17) is 11.6 Å². The molecule has 0 aliphatic rings. The summed E-state index contributed by atoms with van der Waals surface area (Å²) in [5.74, 6) is -0.440. The molecule has 1 nitrogen and oxygen atoms in total. The van der Waals surface area contributed by atoms with Crippen molar-refractivity contribution in [3.05, 3.63) is 70.0 Å². The number of hydrogen-bond acceptors (Lipinski definition) is 1. The molecule has 3 heteroatoms. The Hall–Kier alpha value is -1.38. The highest BCUT2D eigenvalue weighted by molar-refractivity contribution is 6.30. The molecule has 2 aromatic carbocycles. The third kappa shape index (κ3) is 3.09. The standard InChI is InChI=1S/C15H14ClFO/c1-10-2-5-12(6-3-10)15(18)9-11-4-7-14(17)13(16)8-11/h2-8,15,18H,9H2,1H3. The van der Waals surface area contributed by atoms with Crippen molar-refractivity contribution in [2.45, 2.75) is 19.4 Å². The molecule has 0 aromatic heterocycles. The van der Waals surface area contributed by atoms with Crippen molar-refractivity contribution in [1.29, 1.82) is 0 Å². The third-order valence-corrected chi connectivity index (χ3v) is 3.16.